The van der Waals surface area contributed by atoms with Crippen LogP contribution in [-0.2, 0) is 0 Å². The minimum atomic E-state index is -0.0368. The highest BCUT2D eigenvalue weighted by atomic mass is 32.1. The van der Waals surface area contributed by atoms with Gasteiger partial charge in [-0.1, -0.05) is 16.4 Å². The molecule has 122 valence electrons. The van der Waals surface area contributed by atoms with Crippen LogP contribution in [0.2, 0.25) is 0 Å². The first-order valence-corrected chi connectivity index (χ1v) is 8.60. The molecule has 23 heavy (non-hydrogen) atoms. The Labute approximate surface area is 137 Å². The molecule has 2 bridgehead atoms. The van der Waals surface area contributed by atoms with E-state index in [1.54, 1.807) is 19.1 Å². The minimum Gasteiger partial charge on any atom is -0.399 e. The Balaban J connectivity index is 1.39. The van der Waals surface area contributed by atoms with Gasteiger partial charge in [-0.15, -0.1) is 5.10 Å². The highest BCUT2D eigenvalue weighted by Gasteiger charge is 2.35. The van der Waals surface area contributed by atoms with E-state index in [9.17, 15) is 4.79 Å². The molecule has 3 aliphatic heterocycles. The van der Waals surface area contributed by atoms with Gasteiger partial charge in [-0.25, -0.2) is 0 Å². The molecule has 0 aromatic carbocycles. The zero-order valence-corrected chi connectivity index (χ0v) is 13.6. The van der Waals surface area contributed by atoms with Crippen molar-refractivity contribution in [2.75, 3.05) is 19.6 Å². The number of nitrogens with zero attached hydrogens (tertiary/aromatic N) is 3. The van der Waals surface area contributed by atoms with Crippen molar-refractivity contribution in [1.29, 1.82) is 0 Å². The summed E-state index contributed by atoms with van der Waals surface area (Å²) in [6.07, 6.45) is 2.45. The van der Waals surface area contributed by atoms with Crippen LogP contribution >= 0.6 is 11.3 Å². The third-order valence-corrected chi connectivity index (χ3v) is 5.44. The molecule has 3 aliphatic rings. The van der Waals surface area contributed by atoms with E-state index in [0.717, 1.165) is 19.6 Å². The van der Waals surface area contributed by atoms with Crippen LogP contribution in [0.4, 0.5) is 0 Å². The zero-order valence-electron chi connectivity index (χ0n) is 12.8. The Hall–Kier alpha value is -1.93. The smallest absolute Gasteiger partial charge is 0.399 e. The molecule has 3 fully saturated rings. The van der Waals surface area contributed by atoms with Crippen molar-refractivity contribution in [1.82, 2.24) is 20.4 Å². The standard InChI is InChI=1S/C15H18N4O3S/c1-9-17-18-15(21-9)22-13-3-2-12(23-13)14(20)16-11-8-19-6-4-10(11)5-7-19/h2-3,10-11H,4-8H2,1H3,(H,16,20). The molecule has 2 aromatic rings. The lowest BCUT2D eigenvalue weighted by atomic mass is 9.84. The zero-order chi connectivity index (χ0) is 15.8. The van der Waals surface area contributed by atoms with Crippen molar-refractivity contribution in [3.05, 3.63) is 22.9 Å². The van der Waals surface area contributed by atoms with E-state index in [0.29, 0.717) is 21.7 Å². The number of hydrogen-bond donors (Lipinski definition) is 1. The Morgan fingerprint density at radius 2 is 2.22 bits per heavy atom. The molecule has 3 saturated heterocycles. The first kappa shape index (κ1) is 14.6. The number of aryl methyl sites for hydroxylation is 1. The maximum atomic E-state index is 12.4. The van der Waals surface area contributed by atoms with Crippen LogP contribution in [0.5, 0.6) is 11.1 Å². The topological polar surface area (TPSA) is 80.5 Å². The second-order valence-corrected chi connectivity index (χ2v) is 7.07. The number of carbonyl (C=O) groups excluding carboxylic acids is 1. The molecule has 1 N–H and O–H groups in total. The van der Waals surface area contributed by atoms with Crippen LogP contribution in [0.3, 0.4) is 0 Å². The summed E-state index contributed by atoms with van der Waals surface area (Å²) in [6, 6.07) is 3.77. The Kier molecular flexibility index (Phi) is 3.78. The Morgan fingerprint density at radius 1 is 1.39 bits per heavy atom. The van der Waals surface area contributed by atoms with Crippen molar-refractivity contribution < 1.29 is 13.9 Å². The van der Waals surface area contributed by atoms with Crippen LogP contribution < -0.4 is 10.1 Å². The van der Waals surface area contributed by atoms with E-state index in [1.807, 2.05) is 0 Å². The van der Waals surface area contributed by atoms with Gasteiger partial charge in [-0.05, 0) is 44.0 Å². The highest BCUT2D eigenvalue weighted by molar-refractivity contribution is 7.15. The van der Waals surface area contributed by atoms with Crippen molar-refractivity contribution in [2.24, 2.45) is 5.92 Å². The molecule has 0 aliphatic carbocycles. The highest BCUT2D eigenvalue weighted by Crippen LogP contribution is 2.30. The van der Waals surface area contributed by atoms with Crippen molar-refractivity contribution in [3.63, 3.8) is 0 Å². The fourth-order valence-electron chi connectivity index (χ4n) is 3.27. The number of hydrogen-bond acceptors (Lipinski definition) is 7. The third-order valence-electron chi connectivity index (χ3n) is 4.47. The first-order valence-electron chi connectivity index (χ1n) is 7.78. The molecule has 0 spiro atoms. The molecule has 1 unspecified atom stereocenters. The molecule has 0 radical (unpaired) electrons. The number of aromatic nitrogens is 2. The number of rotatable bonds is 4. The van der Waals surface area contributed by atoms with Crippen LogP contribution in [-0.4, -0.2) is 46.7 Å². The second-order valence-electron chi connectivity index (χ2n) is 6.03. The van der Waals surface area contributed by atoms with Crippen LogP contribution in [0.25, 0.3) is 0 Å². The van der Waals surface area contributed by atoms with Crippen molar-refractivity contribution >= 4 is 17.2 Å². The van der Waals surface area contributed by atoms with Crippen LogP contribution in [0, 0.1) is 12.8 Å². The molecule has 2 aromatic heterocycles. The summed E-state index contributed by atoms with van der Waals surface area (Å²) in [4.78, 5) is 15.5. The van der Waals surface area contributed by atoms with Gasteiger partial charge in [0.1, 0.15) is 0 Å². The Morgan fingerprint density at radius 3 is 2.87 bits per heavy atom. The largest absolute Gasteiger partial charge is 0.421 e. The molecule has 5 rings (SSSR count). The number of amides is 1. The lowest BCUT2D eigenvalue weighted by Crippen LogP contribution is -2.57. The molecule has 0 saturated carbocycles. The fourth-order valence-corrected chi connectivity index (χ4v) is 4.02. The fraction of sp³-hybridized carbons (Fsp3) is 0.533. The molecule has 5 heterocycles. The van der Waals surface area contributed by atoms with E-state index >= 15 is 0 Å². The van der Waals surface area contributed by atoms with Crippen LogP contribution in [0.1, 0.15) is 28.4 Å². The normalized spacial score (nSPS) is 26.2. The third kappa shape index (κ3) is 3.09. The maximum Gasteiger partial charge on any atom is 0.421 e. The average Bonchev–Trinajstić information content (AvgIpc) is 3.18. The number of fused-ring (bicyclic) bond motifs is 3. The van der Waals surface area contributed by atoms with E-state index in [4.69, 9.17) is 9.15 Å². The summed E-state index contributed by atoms with van der Waals surface area (Å²) in [5.74, 6) is 1.02. The van der Waals surface area contributed by atoms with Crippen molar-refractivity contribution in [2.45, 2.75) is 25.8 Å². The summed E-state index contributed by atoms with van der Waals surface area (Å²) in [5.41, 5.74) is 0. The van der Waals surface area contributed by atoms with E-state index in [2.05, 4.69) is 20.4 Å². The van der Waals surface area contributed by atoms with Gasteiger partial charge in [-0.2, -0.15) is 0 Å². The molecule has 7 nitrogen and oxygen atoms in total. The maximum absolute atomic E-state index is 12.4. The van der Waals surface area contributed by atoms with E-state index in [1.165, 1.54) is 24.2 Å². The summed E-state index contributed by atoms with van der Waals surface area (Å²) < 4.78 is 10.6. The second kappa shape index (κ2) is 5.93. The number of piperidine rings is 3. The molecule has 1 atom stereocenters. The summed E-state index contributed by atoms with van der Waals surface area (Å²) in [5, 5.41) is 11.2. The molecule has 8 heteroatoms. The quantitative estimate of drug-likeness (QED) is 0.922. The average molecular weight is 334 g/mol. The number of ether oxygens (including phenoxy) is 1. The summed E-state index contributed by atoms with van der Waals surface area (Å²) in [7, 11) is 0. The summed E-state index contributed by atoms with van der Waals surface area (Å²) in [6.45, 7) is 4.99. The number of carbonyl (C=O) groups is 1. The first-order chi connectivity index (χ1) is 11.2. The minimum absolute atomic E-state index is 0.0368. The van der Waals surface area contributed by atoms with Gasteiger partial charge < -0.3 is 19.4 Å². The van der Waals surface area contributed by atoms with E-state index in [-0.39, 0.29) is 18.0 Å². The monoisotopic (exact) mass is 334 g/mol. The molecular formula is C15H18N4O3S. The molecule has 1 amide bonds. The van der Waals surface area contributed by atoms with Gasteiger partial charge >= 0.3 is 6.08 Å². The predicted molar refractivity (Wildman–Crippen MR) is 83.8 cm³/mol. The number of thiophene rings is 1. The predicted octanol–water partition coefficient (Wildman–Crippen LogP) is 2.06. The van der Waals surface area contributed by atoms with Crippen LogP contribution in [0.15, 0.2) is 16.5 Å². The van der Waals surface area contributed by atoms with Crippen molar-refractivity contribution in [3.8, 4) is 11.1 Å². The van der Waals surface area contributed by atoms with Gasteiger partial charge in [0.05, 0.1) is 4.88 Å². The summed E-state index contributed by atoms with van der Waals surface area (Å²) >= 11 is 1.28. The Bertz CT molecular complexity index is 705. The number of nitrogens with one attached hydrogen (secondary N) is 1. The van der Waals surface area contributed by atoms with Gasteiger partial charge in [0, 0.05) is 19.5 Å². The van der Waals surface area contributed by atoms with E-state index < -0.39 is 0 Å². The van der Waals surface area contributed by atoms with Gasteiger partial charge in [0.25, 0.3) is 5.91 Å². The SMILES string of the molecule is Cc1nnc(Oc2ccc(C(=O)NC3CN4CCC3CC4)s2)o1. The lowest BCUT2D eigenvalue weighted by molar-refractivity contribution is 0.0622. The van der Waals surface area contributed by atoms with Gasteiger partial charge in [-0.3, -0.25) is 4.79 Å². The molecular weight excluding hydrogens is 316 g/mol. The van der Waals surface area contributed by atoms with Gasteiger partial charge in [0.2, 0.25) is 5.89 Å². The van der Waals surface area contributed by atoms with Gasteiger partial charge in [0.15, 0.2) is 5.06 Å². The lowest BCUT2D eigenvalue weighted by Gasteiger charge is -2.44.